The molecule has 1 fully saturated rings. The topological polar surface area (TPSA) is 30.0 Å². The summed E-state index contributed by atoms with van der Waals surface area (Å²) in [5.74, 6) is 0.326. The van der Waals surface area contributed by atoms with Crippen molar-refractivity contribution in [2.45, 2.75) is 43.8 Å². The first kappa shape index (κ1) is 16.2. The molecule has 0 aliphatic heterocycles. The number of ketones is 1. The van der Waals surface area contributed by atoms with Crippen molar-refractivity contribution in [1.82, 2.24) is 4.98 Å². The molecule has 1 saturated carbocycles. The van der Waals surface area contributed by atoms with Gasteiger partial charge < -0.3 is 0 Å². The summed E-state index contributed by atoms with van der Waals surface area (Å²) in [5.41, 5.74) is 2.97. The second-order valence-electron chi connectivity index (χ2n) is 5.21. The van der Waals surface area contributed by atoms with E-state index in [0.29, 0.717) is 5.78 Å². The Morgan fingerprint density at radius 2 is 2.19 bits per heavy atom. The molecule has 1 aliphatic carbocycles. The third-order valence-electron chi connectivity index (χ3n) is 3.61. The first-order valence-corrected chi connectivity index (χ1v) is 8.67. The normalized spacial score (nSPS) is 21.7. The van der Waals surface area contributed by atoms with Crippen LogP contribution < -0.4 is 0 Å². The molecule has 112 valence electrons. The van der Waals surface area contributed by atoms with Crippen LogP contribution in [0.15, 0.2) is 41.9 Å². The molecule has 2 aromatic rings. The lowest BCUT2D eigenvalue weighted by Crippen LogP contribution is -2.25. The molecule has 0 spiro atoms. The van der Waals surface area contributed by atoms with E-state index in [0.717, 1.165) is 37.6 Å². The first-order chi connectivity index (χ1) is 10.2. The molecule has 1 aromatic carbocycles. The van der Waals surface area contributed by atoms with E-state index in [2.05, 4.69) is 42.8 Å². The lowest BCUT2D eigenvalue weighted by atomic mass is 10.0. The van der Waals surface area contributed by atoms with E-state index in [1.807, 2.05) is 23.7 Å². The highest BCUT2D eigenvalue weighted by molar-refractivity contribution is 7.82. The fourth-order valence-electron chi connectivity index (χ4n) is 2.38. The molecule has 0 amide bonds. The van der Waals surface area contributed by atoms with Gasteiger partial charge in [-0.15, -0.1) is 11.3 Å². The number of nitrogens with zero attached hydrogens (tertiary/aromatic N) is 1. The zero-order chi connectivity index (χ0) is 15.1. The Labute approximate surface area is 135 Å². The molecule has 0 bridgehead atoms. The summed E-state index contributed by atoms with van der Waals surface area (Å²) in [6.45, 7) is 2.10. The predicted octanol–water partition coefficient (Wildman–Crippen LogP) is 5.06. The number of Topliss-reactive ketones (excluding diaryl/α,β-unsaturated/α-hetero) is 1. The van der Waals surface area contributed by atoms with Crippen molar-refractivity contribution in [3.8, 4) is 0 Å². The number of rotatable bonds is 3. The van der Waals surface area contributed by atoms with Crippen LogP contribution in [0.2, 0.25) is 0 Å². The van der Waals surface area contributed by atoms with E-state index in [4.69, 9.17) is 0 Å². The fraction of sp³-hybridized carbons (Fsp3) is 0.412. The number of benzene rings is 1. The SMILES string of the molecule is CCC=CCC1(S)CCCC1=O.c1ccc2scnc2c1. The fourth-order valence-corrected chi connectivity index (χ4v) is 3.43. The number of aromatic nitrogens is 1. The molecule has 1 aromatic heterocycles. The Bertz CT molecular complexity index is 590. The van der Waals surface area contributed by atoms with Gasteiger partial charge in [-0.1, -0.05) is 31.2 Å². The predicted molar refractivity (Wildman–Crippen MR) is 94.2 cm³/mol. The molecular weight excluding hydrogens is 298 g/mol. The Morgan fingerprint density at radius 1 is 1.38 bits per heavy atom. The minimum absolute atomic E-state index is 0.326. The monoisotopic (exact) mass is 319 g/mol. The molecular formula is C17H21NOS2. The number of fused-ring (bicyclic) bond motifs is 1. The highest BCUT2D eigenvalue weighted by Gasteiger charge is 2.36. The number of hydrogen-bond donors (Lipinski definition) is 1. The van der Waals surface area contributed by atoms with E-state index >= 15 is 0 Å². The van der Waals surface area contributed by atoms with Crippen LogP contribution in [0.4, 0.5) is 0 Å². The Hall–Kier alpha value is -1.13. The second kappa shape index (κ2) is 7.76. The highest BCUT2D eigenvalue weighted by Crippen LogP contribution is 2.35. The Morgan fingerprint density at radius 3 is 2.86 bits per heavy atom. The molecule has 3 rings (SSSR count). The lowest BCUT2D eigenvalue weighted by molar-refractivity contribution is -0.119. The van der Waals surface area contributed by atoms with Crippen LogP contribution in [0.1, 0.15) is 39.0 Å². The molecule has 1 atom stereocenters. The van der Waals surface area contributed by atoms with Crippen LogP contribution >= 0.6 is 24.0 Å². The molecule has 0 N–H and O–H groups in total. The number of para-hydroxylation sites is 1. The summed E-state index contributed by atoms with van der Waals surface area (Å²) < 4.78 is 0.934. The van der Waals surface area contributed by atoms with Gasteiger partial charge in [-0.3, -0.25) is 4.79 Å². The van der Waals surface area contributed by atoms with Gasteiger partial charge in [-0.05, 0) is 37.8 Å². The summed E-state index contributed by atoms with van der Waals surface area (Å²) in [6.07, 6.45) is 8.72. The summed E-state index contributed by atoms with van der Waals surface area (Å²) in [4.78, 5) is 15.5. The standard InChI is InChI=1S/C10H16OS.C7H5NS/c1-2-3-4-7-10(12)8-5-6-9(10)11;1-2-4-7-6(3-1)8-5-9-7/h3-4,12H,2,5-8H2,1H3;1-5H. The van der Waals surface area contributed by atoms with Crippen LogP contribution in [0.3, 0.4) is 0 Å². The molecule has 21 heavy (non-hydrogen) atoms. The number of hydrogen-bond acceptors (Lipinski definition) is 4. The van der Waals surface area contributed by atoms with Crippen LogP contribution in [-0.4, -0.2) is 15.5 Å². The van der Waals surface area contributed by atoms with Crippen molar-refractivity contribution >= 4 is 40.0 Å². The summed E-state index contributed by atoms with van der Waals surface area (Å²) >= 11 is 6.12. The van der Waals surface area contributed by atoms with Crippen LogP contribution in [0, 0.1) is 0 Å². The van der Waals surface area contributed by atoms with Gasteiger partial charge in [0.1, 0.15) is 5.78 Å². The quantitative estimate of drug-likeness (QED) is 0.633. The lowest BCUT2D eigenvalue weighted by Gasteiger charge is -2.17. The maximum absolute atomic E-state index is 11.4. The zero-order valence-corrected chi connectivity index (χ0v) is 14.0. The van der Waals surface area contributed by atoms with E-state index in [9.17, 15) is 4.79 Å². The van der Waals surface area contributed by atoms with Gasteiger partial charge in [-0.25, -0.2) is 4.98 Å². The molecule has 1 aliphatic rings. The smallest absolute Gasteiger partial charge is 0.148 e. The van der Waals surface area contributed by atoms with E-state index in [1.54, 1.807) is 11.3 Å². The maximum atomic E-state index is 11.4. The van der Waals surface area contributed by atoms with Gasteiger partial charge in [0.25, 0.3) is 0 Å². The van der Waals surface area contributed by atoms with Gasteiger partial charge in [0.15, 0.2) is 0 Å². The maximum Gasteiger partial charge on any atom is 0.148 e. The largest absolute Gasteiger partial charge is 0.298 e. The van der Waals surface area contributed by atoms with Crippen LogP contribution in [0.25, 0.3) is 10.2 Å². The molecule has 4 heteroatoms. The van der Waals surface area contributed by atoms with Crippen LogP contribution in [-0.2, 0) is 4.79 Å². The highest BCUT2D eigenvalue weighted by atomic mass is 32.1. The minimum atomic E-state index is -0.328. The molecule has 2 nitrogen and oxygen atoms in total. The number of carbonyl (C=O) groups excluding carboxylic acids is 1. The van der Waals surface area contributed by atoms with Gasteiger partial charge in [0.05, 0.1) is 20.5 Å². The van der Waals surface area contributed by atoms with E-state index in [-0.39, 0.29) is 4.75 Å². The first-order valence-electron chi connectivity index (χ1n) is 7.34. The van der Waals surface area contributed by atoms with Crippen molar-refractivity contribution in [1.29, 1.82) is 0 Å². The number of thiol groups is 1. The summed E-state index contributed by atoms with van der Waals surface area (Å²) in [7, 11) is 0. The molecule has 0 radical (unpaired) electrons. The average molecular weight is 319 g/mol. The van der Waals surface area contributed by atoms with Gasteiger partial charge in [0.2, 0.25) is 0 Å². The summed E-state index contributed by atoms with van der Waals surface area (Å²) in [6, 6.07) is 8.13. The number of carbonyl (C=O) groups is 1. The summed E-state index contributed by atoms with van der Waals surface area (Å²) in [5, 5.41) is 0. The van der Waals surface area contributed by atoms with E-state index in [1.165, 1.54) is 4.70 Å². The number of thiazole rings is 1. The Kier molecular flexibility index (Phi) is 6.00. The van der Waals surface area contributed by atoms with Gasteiger partial charge >= 0.3 is 0 Å². The molecule has 0 saturated heterocycles. The van der Waals surface area contributed by atoms with Crippen LogP contribution in [0.5, 0.6) is 0 Å². The van der Waals surface area contributed by atoms with Crippen molar-refractivity contribution in [2.24, 2.45) is 0 Å². The van der Waals surface area contributed by atoms with E-state index < -0.39 is 0 Å². The third-order valence-corrected chi connectivity index (χ3v) is 5.07. The van der Waals surface area contributed by atoms with Crippen molar-refractivity contribution in [3.05, 3.63) is 41.9 Å². The molecule has 1 unspecified atom stereocenters. The third kappa shape index (κ3) is 4.42. The van der Waals surface area contributed by atoms with Crippen molar-refractivity contribution in [2.75, 3.05) is 0 Å². The zero-order valence-electron chi connectivity index (χ0n) is 12.3. The Balaban J connectivity index is 0.000000159. The van der Waals surface area contributed by atoms with Gasteiger partial charge in [-0.2, -0.15) is 12.6 Å². The van der Waals surface area contributed by atoms with Gasteiger partial charge in [0, 0.05) is 6.42 Å². The minimum Gasteiger partial charge on any atom is -0.298 e. The number of allylic oxidation sites excluding steroid dienone is 2. The second-order valence-corrected chi connectivity index (χ2v) is 6.95. The van der Waals surface area contributed by atoms with Crippen molar-refractivity contribution < 1.29 is 4.79 Å². The van der Waals surface area contributed by atoms with Crippen molar-refractivity contribution in [3.63, 3.8) is 0 Å². The molecule has 1 heterocycles. The average Bonchev–Trinajstić information content (AvgIpc) is 3.08.